The maximum Gasteiger partial charge on any atom is 0.318 e. The van der Waals surface area contributed by atoms with Crippen molar-refractivity contribution in [2.75, 3.05) is 22.7 Å². The summed E-state index contributed by atoms with van der Waals surface area (Å²) in [6.45, 7) is 4.08. The molecular weight excluding hydrogens is 428 g/mol. The molecule has 4 rings (SSSR count). The Kier molecular flexibility index (Phi) is 6.45. The van der Waals surface area contributed by atoms with Gasteiger partial charge in [0.2, 0.25) is 5.95 Å². The van der Waals surface area contributed by atoms with Crippen LogP contribution in [0, 0.1) is 0 Å². The summed E-state index contributed by atoms with van der Waals surface area (Å²) in [5, 5.41) is 0. The Labute approximate surface area is 187 Å². The molecule has 0 spiro atoms. The summed E-state index contributed by atoms with van der Waals surface area (Å²) in [5.74, 6) is -0.349. The van der Waals surface area contributed by atoms with Gasteiger partial charge in [0.15, 0.2) is 0 Å². The second-order valence-corrected chi connectivity index (χ2v) is 9.36. The van der Waals surface area contributed by atoms with Crippen molar-refractivity contribution in [2.45, 2.75) is 37.0 Å². The fraction of sp³-hybridized carbons (Fsp3) is 0.304. The molecule has 0 radical (unpaired) electrons. The average molecular weight is 455 g/mol. The van der Waals surface area contributed by atoms with Crippen molar-refractivity contribution in [3.8, 4) is 5.75 Å². The Morgan fingerprint density at radius 1 is 1.12 bits per heavy atom. The van der Waals surface area contributed by atoms with E-state index >= 15 is 0 Å². The van der Waals surface area contributed by atoms with Crippen LogP contribution in [0.15, 0.2) is 65.8 Å². The van der Waals surface area contributed by atoms with Crippen LogP contribution in [-0.4, -0.2) is 37.4 Å². The van der Waals surface area contributed by atoms with E-state index in [9.17, 15) is 13.2 Å². The molecule has 2 heterocycles. The predicted octanol–water partition coefficient (Wildman–Crippen LogP) is 3.91. The van der Waals surface area contributed by atoms with Crippen molar-refractivity contribution in [2.24, 2.45) is 0 Å². The Hall–Kier alpha value is -3.33. The van der Waals surface area contributed by atoms with E-state index in [1.807, 2.05) is 19.1 Å². The minimum Gasteiger partial charge on any atom is -0.426 e. The third-order valence-electron chi connectivity index (χ3n) is 5.54. The van der Waals surface area contributed by atoms with Crippen LogP contribution in [0.5, 0.6) is 5.75 Å². The van der Waals surface area contributed by atoms with Gasteiger partial charge in [-0.15, -0.1) is 0 Å². The topological polar surface area (TPSA) is 104 Å². The van der Waals surface area contributed by atoms with Gasteiger partial charge in [-0.3, -0.25) is 4.79 Å². The molecule has 1 saturated heterocycles. The first-order valence-electron chi connectivity index (χ1n) is 10.6. The number of hydrogen-bond acceptors (Lipinski definition) is 6. The third kappa shape index (κ3) is 4.94. The van der Waals surface area contributed by atoms with Gasteiger partial charge < -0.3 is 14.6 Å². The smallest absolute Gasteiger partial charge is 0.318 e. The minimum atomic E-state index is -3.79. The molecule has 168 valence electrons. The molecule has 1 unspecified atom stereocenters. The summed E-state index contributed by atoms with van der Waals surface area (Å²) in [6, 6.07) is 13.8. The van der Waals surface area contributed by atoms with Crippen LogP contribution < -0.4 is 14.4 Å². The van der Waals surface area contributed by atoms with Crippen LogP contribution in [0.1, 0.15) is 37.7 Å². The number of hydrogen-bond donors (Lipinski definition) is 2. The van der Waals surface area contributed by atoms with Crippen LogP contribution in [0.4, 0.5) is 11.6 Å². The quantitative estimate of drug-likeness (QED) is 0.395. The first-order valence-corrected chi connectivity index (χ1v) is 12.1. The van der Waals surface area contributed by atoms with E-state index in [-0.39, 0.29) is 16.8 Å². The number of ether oxygens (including phenoxy) is 1. The summed E-state index contributed by atoms with van der Waals surface area (Å²) in [7, 11) is -3.79. The van der Waals surface area contributed by atoms with Crippen molar-refractivity contribution >= 4 is 27.6 Å². The lowest BCUT2D eigenvalue weighted by atomic mass is 9.96. The number of esters is 1. The number of sulfonamides is 1. The summed E-state index contributed by atoms with van der Waals surface area (Å²) in [4.78, 5) is 21.7. The molecule has 1 atom stereocenters. The Morgan fingerprint density at radius 2 is 1.81 bits per heavy atom. The molecule has 32 heavy (non-hydrogen) atoms. The number of imidazole rings is 1. The molecule has 1 aliphatic heterocycles. The largest absolute Gasteiger partial charge is 0.426 e. The number of carbonyl (C=O) groups excluding carboxylic acids is 1. The number of anilines is 2. The molecule has 0 amide bonds. The normalized spacial score (nSPS) is 14.8. The van der Waals surface area contributed by atoms with Crippen LogP contribution in [-0.2, 0) is 14.8 Å². The predicted molar refractivity (Wildman–Crippen MR) is 122 cm³/mol. The van der Waals surface area contributed by atoms with Gasteiger partial charge in [-0.25, -0.2) is 18.1 Å². The molecule has 9 heteroatoms. The Bertz CT molecular complexity index is 1140. The molecule has 1 aromatic heterocycles. The second kappa shape index (κ2) is 9.44. The van der Waals surface area contributed by atoms with Gasteiger partial charge in [0.05, 0.1) is 10.8 Å². The van der Waals surface area contributed by atoms with Gasteiger partial charge in [0, 0.05) is 31.2 Å². The number of aromatic nitrogens is 2. The van der Waals surface area contributed by atoms with Crippen LogP contribution in [0.25, 0.3) is 0 Å². The Morgan fingerprint density at radius 3 is 2.41 bits per heavy atom. The van der Waals surface area contributed by atoms with Crippen molar-refractivity contribution < 1.29 is 17.9 Å². The number of aromatic amines is 1. The van der Waals surface area contributed by atoms with Gasteiger partial charge in [0.25, 0.3) is 10.0 Å². The zero-order chi connectivity index (χ0) is 22.6. The maximum absolute atomic E-state index is 12.8. The van der Waals surface area contributed by atoms with Crippen molar-refractivity contribution in [1.82, 2.24) is 9.97 Å². The highest BCUT2D eigenvalue weighted by Crippen LogP contribution is 2.27. The number of H-pyrrole nitrogens is 1. The van der Waals surface area contributed by atoms with E-state index in [0.717, 1.165) is 18.7 Å². The van der Waals surface area contributed by atoms with E-state index in [1.165, 1.54) is 55.2 Å². The fourth-order valence-electron chi connectivity index (χ4n) is 3.81. The number of carbonyl (C=O) groups is 1. The van der Waals surface area contributed by atoms with Gasteiger partial charge in [-0.1, -0.05) is 19.1 Å². The van der Waals surface area contributed by atoms with Crippen LogP contribution >= 0.6 is 0 Å². The molecule has 3 aromatic rings. The summed E-state index contributed by atoms with van der Waals surface area (Å²) < 4.78 is 32.7. The minimum absolute atomic E-state index is 0.0400. The summed E-state index contributed by atoms with van der Waals surface area (Å²) >= 11 is 0. The average Bonchev–Trinajstić information content (AvgIpc) is 3.49. The Balaban J connectivity index is 1.42. The highest BCUT2D eigenvalue weighted by atomic mass is 32.2. The number of benzene rings is 2. The molecule has 0 aliphatic carbocycles. The molecule has 8 nitrogen and oxygen atoms in total. The molecule has 2 N–H and O–H groups in total. The van der Waals surface area contributed by atoms with Crippen molar-refractivity contribution in [1.29, 1.82) is 0 Å². The summed E-state index contributed by atoms with van der Waals surface area (Å²) in [6.07, 6.45) is 5.99. The summed E-state index contributed by atoms with van der Waals surface area (Å²) in [5.41, 5.74) is 2.08. The molecular formula is C23H26N4O4S. The van der Waals surface area contributed by atoms with Gasteiger partial charge in [0.1, 0.15) is 5.75 Å². The zero-order valence-electron chi connectivity index (χ0n) is 17.8. The molecule has 1 fully saturated rings. The lowest BCUT2D eigenvalue weighted by Crippen LogP contribution is -2.20. The lowest BCUT2D eigenvalue weighted by Gasteiger charge is -2.19. The van der Waals surface area contributed by atoms with E-state index < -0.39 is 15.9 Å². The monoisotopic (exact) mass is 454 g/mol. The molecule has 1 aliphatic rings. The standard InChI is InChI=1S/C23H26N4O4S/c1-2-21(17-5-7-18(8-6-17)27-15-3-4-16-27)22(28)31-19-9-11-20(12-10-19)32(29,30)26-23-24-13-14-25-23/h5-14,21H,2-4,15-16H2,1H3,(H2,24,25,26). The lowest BCUT2D eigenvalue weighted by molar-refractivity contribution is -0.136. The number of nitrogens with zero attached hydrogens (tertiary/aromatic N) is 2. The maximum atomic E-state index is 12.8. The van der Waals surface area contributed by atoms with Gasteiger partial charge >= 0.3 is 5.97 Å². The van der Waals surface area contributed by atoms with E-state index in [1.54, 1.807) is 0 Å². The number of nitrogens with one attached hydrogen (secondary N) is 2. The second-order valence-electron chi connectivity index (χ2n) is 7.68. The first kappa shape index (κ1) is 21.9. The third-order valence-corrected chi connectivity index (χ3v) is 6.90. The zero-order valence-corrected chi connectivity index (χ0v) is 18.6. The van der Waals surface area contributed by atoms with Crippen LogP contribution in [0.3, 0.4) is 0 Å². The molecule has 0 saturated carbocycles. The fourth-order valence-corrected chi connectivity index (χ4v) is 4.79. The van der Waals surface area contributed by atoms with E-state index in [0.29, 0.717) is 12.2 Å². The SMILES string of the molecule is CCC(C(=O)Oc1ccc(S(=O)(=O)Nc2ncc[nH]2)cc1)c1ccc(N2CCCC2)cc1. The molecule has 2 aromatic carbocycles. The van der Waals surface area contributed by atoms with E-state index in [2.05, 4.69) is 31.7 Å². The van der Waals surface area contributed by atoms with Crippen molar-refractivity contribution in [3.63, 3.8) is 0 Å². The van der Waals surface area contributed by atoms with Crippen LogP contribution in [0.2, 0.25) is 0 Å². The van der Waals surface area contributed by atoms with E-state index in [4.69, 9.17) is 4.74 Å². The highest BCUT2D eigenvalue weighted by Gasteiger charge is 2.22. The number of rotatable bonds is 8. The first-order chi connectivity index (χ1) is 15.5. The molecule has 0 bridgehead atoms. The highest BCUT2D eigenvalue weighted by molar-refractivity contribution is 7.92. The van der Waals surface area contributed by atoms with Gasteiger partial charge in [-0.05, 0) is 61.2 Å². The van der Waals surface area contributed by atoms with Gasteiger partial charge in [-0.2, -0.15) is 0 Å². The van der Waals surface area contributed by atoms with Crippen molar-refractivity contribution in [3.05, 3.63) is 66.5 Å².